The fourth-order valence-corrected chi connectivity index (χ4v) is 1.64. The second kappa shape index (κ2) is 7.85. The summed E-state index contributed by atoms with van der Waals surface area (Å²) >= 11 is 0. The second-order valence-corrected chi connectivity index (χ2v) is 3.98. The average molecular weight is 234 g/mol. The van der Waals surface area contributed by atoms with E-state index in [1.807, 2.05) is 12.1 Å². The molecule has 0 aliphatic carbocycles. The van der Waals surface area contributed by atoms with Crippen molar-refractivity contribution in [2.75, 3.05) is 20.2 Å². The van der Waals surface area contributed by atoms with Crippen molar-refractivity contribution in [1.82, 2.24) is 10.3 Å². The van der Waals surface area contributed by atoms with Gasteiger partial charge in [-0.3, -0.25) is 4.98 Å². The van der Waals surface area contributed by atoms with Crippen molar-refractivity contribution in [3.05, 3.63) is 30.1 Å². The van der Waals surface area contributed by atoms with Gasteiger partial charge in [0.05, 0.1) is 7.11 Å². The molecule has 0 radical (unpaired) electrons. The Kier molecular flexibility index (Phi) is 6.33. The van der Waals surface area contributed by atoms with Crippen LogP contribution >= 0.6 is 0 Å². The lowest BCUT2D eigenvalue weighted by Crippen LogP contribution is -2.15. The highest BCUT2D eigenvalue weighted by Crippen LogP contribution is 2.22. The molecule has 17 heavy (non-hydrogen) atoms. The molecule has 0 saturated heterocycles. The van der Waals surface area contributed by atoms with Crippen LogP contribution in [0.25, 0.3) is 5.57 Å². The van der Waals surface area contributed by atoms with Crippen molar-refractivity contribution >= 4 is 5.57 Å². The highest BCUT2D eigenvalue weighted by Gasteiger charge is 2.04. The molecule has 0 bridgehead atoms. The molecule has 3 nitrogen and oxygen atoms in total. The third-order valence-corrected chi connectivity index (χ3v) is 2.56. The van der Waals surface area contributed by atoms with Crippen molar-refractivity contribution in [2.24, 2.45) is 0 Å². The molecule has 0 aromatic carbocycles. The number of hydrogen-bond acceptors (Lipinski definition) is 3. The van der Waals surface area contributed by atoms with E-state index < -0.39 is 0 Å². The van der Waals surface area contributed by atoms with Gasteiger partial charge in [0.15, 0.2) is 0 Å². The Hall–Kier alpha value is -1.35. The van der Waals surface area contributed by atoms with Crippen molar-refractivity contribution in [3.8, 4) is 5.75 Å². The first-order valence-electron chi connectivity index (χ1n) is 6.16. The molecule has 3 heteroatoms. The average Bonchev–Trinajstić information content (AvgIpc) is 2.38. The zero-order valence-corrected chi connectivity index (χ0v) is 11.0. The fourth-order valence-electron chi connectivity index (χ4n) is 1.64. The number of rotatable bonds is 7. The zero-order chi connectivity index (χ0) is 12.5. The minimum absolute atomic E-state index is 0.836. The number of pyridine rings is 1. The number of hydrogen-bond donors (Lipinski definition) is 1. The van der Waals surface area contributed by atoms with Crippen LogP contribution in [0, 0.1) is 0 Å². The number of allylic oxidation sites excluding steroid dienone is 1. The first kappa shape index (κ1) is 13.7. The Morgan fingerprint density at radius 3 is 3.00 bits per heavy atom. The summed E-state index contributed by atoms with van der Waals surface area (Å²) in [7, 11) is 1.68. The molecule has 1 rings (SSSR count). The van der Waals surface area contributed by atoms with Crippen LogP contribution in [0.5, 0.6) is 5.75 Å². The Morgan fingerprint density at radius 2 is 2.29 bits per heavy atom. The van der Waals surface area contributed by atoms with Crippen LogP contribution in [0.4, 0.5) is 0 Å². The maximum Gasteiger partial charge on any atom is 0.144 e. The Balaban J connectivity index is 2.55. The maximum atomic E-state index is 5.29. The van der Waals surface area contributed by atoms with Crippen LogP contribution in [0.2, 0.25) is 0 Å². The number of nitrogens with one attached hydrogen (secondary N) is 1. The van der Waals surface area contributed by atoms with E-state index in [0.717, 1.165) is 31.0 Å². The molecule has 0 fully saturated rings. The number of nitrogens with zero attached hydrogens (tertiary/aromatic N) is 1. The van der Waals surface area contributed by atoms with E-state index in [4.69, 9.17) is 4.74 Å². The summed E-state index contributed by atoms with van der Waals surface area (Å²) in [5, 5.41) is 3.37. The van der Waals surface area contributed by atoms with Crippen molar-refractivity contribution in [2.45, 2.75) is 26.7 Å². The van der Waals surface area contributed by atoms with Gasteiger partial charge in [-0.05, 0) is 50.6 Å². The number of methoxy groups -OCH3 is 1. The third kappa shape index (κ3) is 4.57. The number of aromatic nitrogens is 1. The quantitative estimate of drug-likeness (QED) is 0.737. The van der Waals surface area contributed by atoms with Gasteiger partial charge in [0, 0.05) is 6.20 Å². The lowest BCUT2D eigenvalue weighted by Gasteiger charge is -2.07. The summed E-state index contributed by atoms with van der Waals surface area (Å²) in [6.45, 7) is 6.34. The third-order valence-electron chi connectivity index (χ3n) is 2.56. The van der Waals surface area contributed by atoms with Crippen LogP contribution in [0.1, 0.15) is 32.4 Å². The molecule has 0 spiro atoms. The summed E-state index contributed by atoms with van der Waals surface area (Å²) in [4.78, 5) is 4.35. The second-order valence-electron chi connectivity index (χ2n) is 3.98. The Labute approximate surface area is 104 Å². The predicted octanol–water partition coefficient (Wildman–Crippen LogP) is 2.88. The lowest BCUT2D eigenvalue weighted by molar-refractivity contribution is 0.411. The van der Waals surface area contributed by atoms with Gasteiger partial charge in [-0.2, -0.15) is 0 Å². The largest absolute Gasteiger partial charge is 0.494 e. The van der Waals surface area contributed by atoms with Crippen LogP contribution in [-0.4, -0.2) is 25.2 Å². The molecule has 1 aromatic rings. The van der Waals surface area contributed by atoms with Gasteiger partial charge in [-0.1, -0.05) is 13.0 Å². The normalized spacial score (nSPS) is 11.6. The van der Waals surface area contributed by atoms with Gasteiger partial charge in [0.2, 0.25) is 0 Å². The van der Waals surface area contributed by atoms with Crippen LogP contribution in [0.3, 0.4) is 0 Å². The molecule has 0 aliphatic heterocycles. The van der Waals surface area contributed by atoms with Crippen molar-refractivity contribution < 1.29 is 4.74 Å². The topological polar surface area (TPSA) is 34.2 Å². The van der Waals surface area contributed by atoms with Gasteiger partial charge in [-0.15, -0.1) is 0 Å². The maximum absolute atomic E-state index is 5.29. The van der Waals surface area contributed by atoms with Crippen molar-refractivity contribution in [3.63, 3.8) is 0 Å². The van der Waals surface area contributed by atoms with Crippen molar-refractivity contribution in [1.29, 1.82) is 0 Å². The van der Waals surface area contributed by atoms with E-state index in [2.05, 4.69) is 30.2 Å². The molecule has 1 aromatic heterocycles. The summed E-state index contributed by atoms with van der Waals surface area (Å²) in [6.07, 6.45) is 6.19. The molecular weight excluding hydrogens is 212 g/mol. The summed E-state index contributed by atoms with van der Waals surface area (Å²) in [5.74, 6) is 0.836. The van der Waals surface area contributed by atoms with Gasteiger partial charge < -0.3 is 10.1 Å². The van der Waals surface area contributed by atoms with Gasteiger partial charge in [0.25, 0.3) is 0 Å². The number of ether oxygens (including phenoxy) is 1. The minimum atomic E-state index is 0.836. The molecular formula is C14H22N2O. The first-order valence-corrected chi connectivity index (χ1v) is 6.16. The van der Waals surface area contributed by atoms with E-state index in [9.17, 15) is 0 Å². The molecule has 1 N–H and O–H groups in total. The smallest absolute Gasteiger partial charge is 0.144 e. The zero-order valence-electron chi connectivity index (χ0n) is 11.0. The molecule has 0 amide bonds. The predicted molar refractivity (Wildman–Crippen MR) is 72.2 cm³/mol. The van der Waals surface area contributed by atoms with Gasteiger partial charge >= 0.3 is 0 Å². The Morgan fingerprint density at radius 1 is 1.47 bits per heavy atom. The van der Waals surface area contributed by atoms with Crippen LogP contribution in [0.15, 0.2) is 24.4 Å². The SMILES string of the molecule is CCCNCC/C=C(/C)c1ncccc1OC. The fraction of sp³-hybridized carbons (Fsp3) is 0.500. The molecule has 0 aliphatic rings. The van der Waals surface area contributed by atoms with Gasteiger partial charge in [0.1, 0.15) is 11.4 Å². The molecule has 0 saturated carbocycles. The van der Waals surface area contributed by atoms with Crippen LogP contribution < -0.4 is 10.1 Å². The molecule has 0 atom stereocenters. The standard InChI is InChI=1S/C14H22N2O/c1-4-9-15-10-5-7-12(2)14-13(17-3)8-6-11-16-14/h6-8,11,15H,4-5,9-10H2,1-3H3/b12-7-. The van der Waals surface area contributed by atoms with Gasteiger partial charge in [-0.25, -0.2) is 0 Å². The summed E-state index contributed by atoms with van der Waals surface area (Å²) in [6, 6.07) is 3.83. The Bertz CT molecular complexity index is 361. The minimum Gasteiger partial charge on any atom is -0.494 e. The van der Waals surface area contributed by atoms with Crippen LogP contribution in [-0.2, 0) is 0 Å². The van der Waals surface area contributed by atoms with E-state index in [0.29, 0.717) is 0 Å². The van der Waals surface area contributed by atoms with E-state index >= 15 is 0 Å². The van der Waals surface area contributed by atoms with E-state index in [-0.39, 0.29) is 0 Å². The molecule has 0 unspecified atom stereocenters. The first-order chi connectivity index (χ1) is 8.29. The summed E-state index contributed by atoms with van der Waals surface area (Å²) in [5.41, 5.74) is 2.10. The van der Waals surface area contributed by atoms with E-state index in [1.165, 1.54) is 12.0 Å². The monoisotopic (exact) mass is 234 g/mol. The lowest BCUT2D eigenvalue weighted by atomic mass is 10.1. The van der Waals surface area contributed by atoms with E-state index in [1.54, 1.807) is 13.3 Å². The molecule has 94 valence electrons. The highest BCUT2D eigenvalue weighted by molar-refractivity contribution is 5.65. The highest BCUT2D eigenvalue weighted by atomic mass is 16.5. The molecule has 1 heterocycles. The summed E-state index contributed by atoms with van der Waals surface area (Å²) < 4.78 is 5.29.